The molecule has 88 valence electrons. The van der Waals surface area contributed by atoms with Crippen LogP contribution in [-0.2, 0) is 5.88 Å². The number of rotatable bonds is 3. The van der Waals surface area contributed by atoms with E-state index >= 15 is 0 Å². The van der Waals surface area contributed by atoms with Gasteiger partial charge < -0.3 is 4.74 Å². The van der Waals surface area contributed by atoms with Crippen molar-refractivity contribution in [3.05, 3.63) is 59.7 Å². The Morgan fingerprint density at radius 1 is 1.00 bits per heavy atom. The molecule has 0 aliphatic carbocycles. The maximum absolute atomic E-state index is 13.3. The lowest BCUT2D eigenvalue weighted by Crippen LogP contribution is -1.89. The molecule has 17 heavy (non-hydrogen) atoms. The normalized spacial score (nSPS) is 10.3. The summed E-state index contributed by atoms with van der Waals surface area (Å²) < 4.78 is 31.2. The van der Waals surface area contributed by atoms with Gasteiger partial charge in [-0.3, -0.25) is 0 Å². The molecule has 2 aromatic rings. The number of hydrogen-bond acceptors (Lipinski definition) is 1. The Morgan fingerprint density at radius 2 is 1.71 bits per heavy atom. The average Bonchev–Trinajstić information content (AvgIpc) is 2.34. The van der Waals surface area contributed by atoms with Gasteiger partial charge in [0, 0.05) is 11.9 Å². The van der Waals surface area contributed by atoms with Crippen LogP contribution in [0, 0.1) is 11.6 Å². The zero-order valence-electron chi connectivity index (χ0n) is 8.79. The fourth-order valence-electron chi connectivity index (χ4n) is 1.33. The van der Waals surface area contributed by atoms with Crippen LogP contribution in [-0.4, -0.2) is 0 Å². The lowest BCUT2D eigenvalue weighted by atomic mass is 10.2. The quantitative estimate of drug-likeness (QED) is 0.733. The molecule has 4 heteroatoms. The predicted octanol–water partition coefficient (Wildman–Crippen LogP) is 4.50. The molecule has 0 aromatic heterocycles. The van der Waals surface area contributed by atoms with Gasteiger partial charge in [0.05, 0.1) is 0 Å². The third-order valence-corrected chi connectivity index (χ3v) is 2.51. The van der Waals surface area contributed by atoms with Crippen LogP contribution in [0.3, 0.4) is 0 Å². The minimum Gasteiger partial charge on any atom is -0.454 e. The van der Waals surface area contributed by atoms with Crippen LogP contribution in [0.4, 0.5) is 8.78 Å². The van der Waals surface area contributed by atoms with E-state index in [0.717, 1.165) is 17.7 Å². The Bertz CT molecular complexity index is 511. The monoisotopic (exact) mass is 254 g/mol. The third kappa shape index (κ3) is 2.94. The Kier molecular flexibility index (Phi) is 3.59. The van der Waals surface area contributed by atoms with Gasteiger partial charge in [-0.2, -0.15) is 0 Å². The zero-order chi connectivity index (χ0) is 12.3. The lowest BCUT2D eigenvalue weighted by molar-refractivity contribution is 0.437. The maximum Gasteiger partial charge on any atom is 0.168 e. The Labute approximate surface area is 103 Å². The standard InChI is InChI=1S/C13H9ClF2O/c14-8-9-1-4-11(5-2-9)17-13-6-3-10(15)7-12(13)16/h1-7H,8H2. The van der Waals surface area contributed by atoms with Gasteiger partial charge in [0.15, 0.2) is 11.6 Å². The highest BCUT2D eigenvalue weighted by molar-refractivity contribution is 6.17. The van der Waals surface area contributed by atoms with Crippen LogP contribution in [0.15, 0.2) is 42.5 Å². The first-order valence-corrected chi connectivity index (χ1v) is 5.50. The van der Waals surface area contributed by atoms with E-state index < -0.39 is 11.6 Å². The first-order valence-electron chi connectivity index (χ1n) is 4.97. The van der Waals surface area contributed by atoms with E-state index in [1.54, 1.807) is 24.3 Å². The van der Waals surface area contributed by atoms with Crippen LogP contribution in [0.2, 0.25) is 0 Å². The SMILES string of the molecule is Fc1ccc(Oc2ccc(CCl)cc2)c(F)c1. The molecule has 0 aliphatic rings. The van der Waals surface area contributed by atoms with Gasteiger partial charge in [0.2, 0.25) is 0 Å². The Morgan fingerprint density at radius 3 is 2.29 bits per heavy atom. The molecule has 0 amide bonds. The van der Waals surface area contributed by atoms with Crippen molar-refractivity contribution < 1.29 is 13.5 Å². The molecule has 2 aromatic carbocycles. The Balaban J connectivity index is 2.19. The van der Waals surface area contributed by atoms with Gasteiger partial charge in [-0.05, 0) is 29.8 Å². The minimum atomic E-state index is -0.730. The van der Waals surface area contributed by atoms with Gasteiger partial charge in [-0.1, -0.05) is 12.1 Å². The van der Waals surface area contributed by atoms with E-state index in [1.165, 1.54) is 6.07 Å². The molecule has 0 spiro atoms. The van der Waals surface area contributed by atoms with E-state index in [1.807, 2.05) is 0 Å². The summed E-state index contributed by atoms with van der Waals surface area (Å²) in [5.41, 5.74) is 0.943. The molecule has 0 saturated carbocycles. The van der Waals surface area contributed by atoms with E-state index in [2.05, 4.69) is 0 Å². The summed E-state index contributed by atoms with van der Waals surface area (Å²) in [6.07, 6.45) is 0. The first-order chi connectivity index (χ1) is 8.19. The summed E-state index contributed by atoms with van der Waals surface area (Å²) in [5.74, 6) is -0.487. The van der Waals surface area contributed by atoms with Crippen molar-refractivity contribution in [3.8, 4) is 11.5 Å². The summed E-state index contributed by atoms with van der Waals surface area (Å²) >= 11 is 5.64. The highest BCUT2D eigenvalue weighted by atomic mass is 35.5. The summed E-state index contributed by atoms with van der Waals surface area (Å²) in [5, 5.41) is 0. The summed E-state index contributed by atoms with van der Waals surface area (Å²) in [6.45, 7) is 0. The Hall–Kier alpha value is -1.61. The van der Waals surface area contributed by atoms with Crippen molar-refractivity contribution in [1.82, 2.24) is 0 Å². The molecule has 0 heterocycles. The van der Waals surface area contributed by atoms with Gasteiger partial charge in [-0.25, -0.2) is 8.78 Å². The molecule has 0 atom stereocenters. The van der Waals surface area contributed by atoms with E-state index in [9.17, 15) is 8.78 Å². The van der Waals surface area contributed by atoms with Crippen molar-refractivity contribution in [2.24, 2.45) is 0 Å². The van der Waals surface area contributed by atoms with Crippen molar-refractivity contribution in [2.45, 2.75) is 5.88 Å². The zero-order valence-corrected chi connectivity index (χ0v) is 9.55. The van der Waals surface area contributed by atoms with Gasteiger partial charge in [-0.15, -0.1) is 11.6 Å². The fraction of sp³-hybridized carbons (Fsp3) is 0.0769. The molecule has 0 bridgehead atoms. The highest BCUT2D eigenvalue weighted by Crippen LogP contribution is 2.25. The number of halogens is 3. The van der Waals surface area contributed by atoms with Crippen molar-refractivity contribution in [2.75, 3.05) is 0 Å². The molecular weight excluding hydrogens is 246 g/mol. The van der Waals surface area contributed by atoms with Crippen LogP contribution in [0.5, 0.6) is 11.5 Å². The van der Waals surface area contributed by atoms with Crippen LogP contribution in [0.1, 0.15) is 5.56 Å². The number of benzene rings is 2. The predicted molar refractivity (Wildman–Crippen MR) is 62.4 cm³/mol. The number of alkyl halides is 1. The second kappa shape index (κ2) is 5.15. The summed E-state index contributed by atoms with van der Waals surface area (Å²) in [4.78, 5) is 0. The highest BCUT2D eigenvalue weighted by Gasteiger charge is 2.05. The topological polar surface area (TPSA) is 9.23 Å². The smallest absolute Gasteiger partial charge is 0.168 e. The van der Waals surface area contributed by atoms with Crippen LogP contribution in [0.25, 0.3) is 0 Å². The van der Waals surface area contributed by atoms with Crippen molar-refractivity contribution in [3.63, 3.8) is 0 Å². The first kappa shape index (κ1) is 11.9. The molecular formula is C13H9ClF2O. The van der Waals surface area contributed by atoms with E-state index in [-0.39, 0.29) is 5.75 Å². The van der Waals surface area contributed by atoms with E-state index in [0.29, 0.717) is 11.6 Å². The lowest BCUT2D eigenvalue weighted by Gasteiger charge is -2.07. The van der Waals surface area contributed by atoms with E-state index in [4.69, 9.17) is 16.3 Å². The molecule has 0 saturated heterocycles. The number of hydrogen-bond donors (Lipinski definition) is 0. The molecule has 0 unspecified atom stereocenters. The van der Waals surface area contributed by atoms with Crippen LogP contribution < -0.4 is 4.74 Å². The van der Waals surface area contributed by atoms with Gasteiger partial charge >= 0.3 is 0 Å². The molecule has 0 aliphatic heterocycles. The molecule has 2 rings (SSSR count). The van der Waals surface area contributed by atoms with Crippen molar-refractivity contribution >= 4 is 11.6 Å². The largest absolute Gasteiger partial charge is 0.454 e. The molecule has 0 fully saturated rings. The number of ether oxygens (including phenoxy) is 1. The second-order valence-electron chi connectivity index (χ2n) is 3.45. The molecule has 0 radical (unpaired) electrons. The second-order valence-corrected chi connectivity index (χ2v) is 3.72. The summed E-state index contributed by atoms with van der Waals surface area (Å²) in [7, 11) is 0. The average molecular weight is 255 g/mol. The minimum absolute atomic E-state index is 0.00924. The fourth-order valence-corrected chi connectivity index (χ4v) is 1.51. The summed E-state index contributed by atoms with van der Waals surface area (Å²) in [6, 6.07) is 10.1. The maximum atomic E-state index is 13.3. The van der Waals surface area contributed by atoms with Crippen LogP contribution >= 0.6 is 11.6 Å². The van der Waals surface area contributed by atoms with Gasteiger partial charge in [0.25, 0.3) is 0 Å². The molecule has 1 nitrogen and oxygen atoms in total. The van der Waals surface area contributed by atoms with Crippen molar-refractivity contribution in [1.29, 1.82) is 0 Å². The molecule has 0 N–H and O–H groups in total. The third-order valence-electron chi connectivity index (χ3n) is 2.20. The van der Waals surface area contributed by atoms with Gasteiger partial charge in [0.1, 0.15) is 11.6 Å².